The molecule has 0 heterocycles. The number of rotatable bonds is 7. The van der Waals surface area contributed by atoms with Crippen molar-refractivity contribution in [1.29, 1.82) is 0 Å². The van der Waals surface area contributed by atoms with Crippen LogP contribution in [-0.4, -0.2) is 0 Å². The van der Waals surface area contributed by atoms with E-state index in [1.807, 2.05) is 0 Å². The van der Waals surface area contributed by atoms with Gasteiger partial charge >= 0.3 is 0 Å². The molecule has 11 aromatic rings. The molecule has 1 nitrogen and oxygen atoms in total. The van der Waals surface area contributed by atoms with Crippen LogP contribution in [0.15, 0.2) is 261 Å². The second-order valence-corrected chi connectivity index (χ2v) is 19.9. The summed E-state index contributed by atoms with van der Waals surface area (Å²) in [6.45, 7) is 4.74. The van der Waals surface area contributed by atoms with Crippen LogP contribution in [0, 0.1) is 0 Å². The summed E-state index contributed by atoms with van der Waals surface area (Å²) in [6, 6.07) is 97.6. The maximum atomic E-state index is 2.57. The van der Waals surface area contributed by atoms with Crippen LogP contribution in [0.3, 0.4) is 0 Å². The maximum absolute atomic E-state index is 2.57. The van der Waals surface area contributed by atoms with Crippen LogP contribution in [0.5, 0.6) is 0 Å². The molecule has 0 bridgehead atoms. The van der Waals surface area contributed by atoms with E-state index >= 15 is 0 Å². The van der Waals surface area contributed by atoms with E-state index in [9.17, 15) is 0 Å². The molecule has 1 heteroatoms. The molecule has 0 saturated carbocycles. The molecule has 3 aliphatic rings. The van der Waals surface area contributed by atoms with Gasteiger partial charge in [-0.25, -0.2) is 0 Å². The van der Waals surface area contributed by atoms with Gasteiger partial charge in [-0.1, -0.05) is 244 Å². The van der Waals surface area contributed by atoms with Crippen molar-refractivity contribution in [2.24, 2.45) is 0 Å². The lowest BCUT2D eigenvalue weighted by molar-refractivity contribution is 0.660. The number of fused-ring (bicyclic) bond motifs is 13. The second-order valence-electron chi connectivity index (χ2n) is 19.9. The minimum atomic E-state index is -0.469. The summed E-state index contributed by atoms with van der Waals surface area (Å²) in [5.74, 6) is 0. The first-order chi connectivity index (χ1) is 35.0. The Labute approximate surface area is 416 Å². The van der Waals surface area contributed by atoms with E-state index in [1.165, 1.54) is 94.6 Å². The van der Waals surface area contributed by atoms with Gasteiger partial charge in [0.25, 0.3) is 0 Å². The van der Waals surface area contributed by atoms with Crippen molar-refractivity contribution >= 4 is 17.1 Å². The Balaban J connectivity index is 1.08. The zero-order valence-electron chi connectivity index (χ0n) is 39.8. The highest BCUT2D eigenvalue weighted by Crippen LogP contribution is 2.63. The van der Waals surface area contributed by atoms with Crippen LogP contribution in [0.2, 0.25) is 0 Å². The summed E-state index contributed by atoms with van der Waals surface area (Å²) in [4.78, 5) is 2.57. The second kappa shape index (κ2) is 15.9. The van der Waals surface area contributed by atoms with E-state index in [4.69, 9.17) is 0 Å². The number of hydrogen-bond acceptors (Lipinski definition) is 1. The standard InChI is InChI=1S/C70H49N/c1-69(2)60-32-16-12-30-57(60)59-45-51(39-42-61(59)69)71(66-36-20-31-53(47-23-8-4-9-24-47)68(66)48-25-10-5-11-26-48)67-44-49(46-21-6-3-7-22-46)37-40-52(67)50-38-41-58-56-29-15-19-35-64(56)70(65(58)43-50)62-33-17-13-27-54(62)55-28-14-18-34-63(55)70/h3-45H,1-2H3. The molecule has 0 aliphatic heterocycles. The van der Waals surface area contributed by atoms with Crippen molar-refractivity contribution in [1.82, 2.24) is 0 Å². The average molecular weight is 904 g/mol. The van der Waals surface area contributed by atoms with Gasteiger partial charge < -0.3 is 4.90 Å². The van der Waals surface area contributed by atoms with Crippen molar-refractivity contribution in [3.63, 3.8) is 0 Å². The van der Waals surface area contributed by atoms with E-state index in [-0.39, 0.29) is 5.41 Å². The van der Waals surface area contributed by atoms with Crippen LogP contribution in [0.1, 0.15) is 47.2 Å². The van der Waals surface area contributed by atoms with Crippen LogP contribution in [-0.2, 0) is 10.8 Å². The fourth-order valence-corrected chi connectivity index (χ4v) is 12.8. The van der Waals surface area contributed by atoms with Gasteiger partial charge in [-0.15, -0.1) is 0 Å². The summed E-state index contributed by atoms with van der Waals surface area (Å²) in [7, 11) is 0. The minimum absolute atomic E-state index is 0.133. The molecular formula is C70H49N. The smallest absolute Gasteiger partial charge is 0.0725 e. The predicted octanol–water partition coefficient (Wildman–Crippen LogP) is 18.5. The fraction of sp³-hybridized carbons (Fsp3) is 0.0571. The Hall–Kier alpha value is -8.78. The third-order valence-corrected chi connectivity index (χ3v) is 15.9. The van der Waals surface area contributed by atoms with Crippen molar-refractivity contribution in [2.75, 3.05) is 4.90 Å². The Kier molecular flexibility index (Phi) is 9.22. The normalized spacial score (nSPS) is 13.7. The van der Waals surface area contributed by atoms with E-state index < -0.39 is 5.41 Å². The summed E-state index contributed by atoms with van der Waals surface area (Å²) >= 11 is 0. The number of hydrogen-bond donors (Lipinski definition) is 0. The van der Waals surface area contributed by atoms with Gasteiger partial charge in [0.05, 0.1) is 16.8 Å². The van der Waals surface area contributed by atoms with Gasteiger partial charge in [-0.3, -0.25) is 0 Å². The minimum Gasteiger partial charge on any atom is -0.309 e. The lowest BCUT2D eigenvalue weighted by Crippen LogP contribution is -2.25. The Morgan fingerprint density at radius 1 is 0.254 bits per heavy atom. The highest BCUT2D eigenvalue weighted by molar-refractivity contribution is 6.02. The van der Waals surface area contributed by atoms with Crippen molar-refractivity contribution in [3.05, 3.63) is 294 Å². The van der Waals surface area contributed by atoms with Gasteiger partial charge in [-0.2, -0.15) is 0 Å². The first kappa shape index (κ1) is 41.2. The lowest BCUT2D eigenvalue weighted by atomic mass is 9.70. The van der Waals surface area contributed by atoms with E-state index in [2.05, 4.69) is 280 Å². The summed E-state index contributed by atoms with van der Waals surface area (Å²) < 4.78 is 0. The van der Waals surface area contributed by atoms with E-state index in [0.29, 0.717) is 0 Å². The molecule has 0 radical (unpaired) electrons. The number of anilines is 3. The van der Waals surface area contributed by atoms with Crippen LogP contribution >= 0.6 is 0 Å². The molecule has 334 valence electrons. The SMILES string of the molecule is CC1(C)c2ccccc2-c2cc(N(c3cc(-c4ccccc4)ccc3-c3ccc4c(c3)C3(c5ccccc5-c5ccccc53)c3ccccc3-4)c3cccc(-c4ccccc4)c3-c3ccccc3)ccc21. The van der Waals surface area contributed by atoms with E-state index in [1.54, 1.807) is 0 Å². The first-order valence-corrected chi connectivity index (χ1v) is 24.9. The monoisotopic (exact) mass is 903 g/mol. The summed E-state index contributed by atoms with van der Waals surface area (Å²) in [6.07, 6.45) is 0. The summed E-state index contributed by atoms with van der Waals surface area (Å²) in [5.41, 5.74) is 27.9. The maximum Gasteiger partial charge on any atom is 0.0725 e. The van der Waals surface area contributed by atoms with Gasteiger partial charge in [-0.05, 0) is 130 Å². The molecule has 11 aromatic carbocycles. The van der Waals surface area contributed by atoms with Crippen molar-refractivity contribution < 1.29 is 0 Å². The largest absolute Gasteiger partial charge is 0.309 e. The zero-order valence-corrected chi connectivity index (χ0v) is 39.8. The fourth-order valence-electron chi connectivity index (χ4n) is 12.8. The summed E-state index contributed by atoms with van der Waals surface area (Å²) in [5, 5.41) is 0. The number of benzene rings is 11. The van der Waals surface area contributed by atoms with Gasteiger partial charge in [0.15, 0.2) is 0 Å². The first-order valence-electron chi connectivity index (χ1n) is 24.9. The molecule has 14 rings (SSSR count). The van der Waals surface area contributed by atoms with E-state index in [0.717, 1.165) is 33.8 Å². The molecule has 0 N–H and O–H groups in total. The Bertz CT molecular complexity index is 3840. The average Bonchev–Trinajstić information content (AvgIpc) is 4.01. The Morgan fingerprint density at radius 3 is 1.34 bits per heavy atom. The van der Waals surface area contributed by atoms with Crippen LogP contribution < -0.4 is 4.90 Å². The van der Waals surface area contributed by atoms with Crippen molar-refractivity contribution in [2.45, 2.75) is 24.7 Å². The lowest BCUT2D eigenvalue weighted by Gasteiger charge is -2.33. The van der Waals surface area contributed by atoms with Gasteiger partial charge in [0, 0.05) is 22.2 Å². The van der Waals surface area contributed by atoms with Crippen LogP contribution in [0.4, 0.5) is 17.1 Å². The molecule has 0 fully saturated rings. The Morgan fingerprint density at radius 2 is 0.718 bits per heavy atom. The van der Waals surface area contributed by atoms with Crippen LogP contribution in [0.25, 0.3) is 77.9 Å². The van der Waals surface area contributed by atoms with Crippen molar-refractivity contribution in [3.8, 4) is 77.9 Å². The quantitative estimate of drug-likeness (QED) is 0.154. The predicted molar refractivity (Wildman–Crippen MR) is 297 cm³/mol. The third-order valence-electron chi connectivity index (χ3n) is 15.9. The topological polar surface area (TPSA) is 3.24 Å². The highest BCUT2D eigenvalue weighted by Gasteiger charge is 2.51. The molecule has 0 amide bonds. The molecular weight excluding hydrogens is 855 g/mol. The molecule has 0 atom stereocenters. The molecule has 0 saturated heterocycles. The molecule has 0 unspecified atom stereocenters. The molecule has 0 aromatic heterocycles. The zero-order chi connectivity index (χ0) is 47.3. The third kappa shape index (κ3) is 6.06. The van der Waals surface area contributed by atoms with Gasteiger partial charge in [0.2, 0.25) is 0 Å². The highest BCUT2D eigenvalue weighted by atomic mass is 15.1. The molecule has 71 heavy (non-hydrogen) atoms. The van der Waals surface area contributed by atoms with Gasteiger partial charge in [0.1, 0.15) is 0 Å². The molecule has 1 spiro atoms. The molecule has 3 aliphatic carbocycles. The number of nitrogens with zero attached hydrogens (tertiary/aromatic N) is 1.